The summed E-state index contributed by atoms with van der Waals surface area (Å²) in [6.07, 6.45) is 2.78. The molecule has 110 valence electrons. The van der Waals surface area contributed by atoms with E-state index in [1.165, 1.54) is 37.1 Å². The Morgan fingerprint density at radius 2 is 2.05 bits per heavy atom. The van der Waals surface area contributed by atoms with E-state index in [1.807, 2.05) is 6.92 Å². The molecule has 0 bridgehead atoms. The molecule has 1 atom stereocenters. The molecule has 1 aliphatic heterocycles. The Bertz CT molecular complexity index is 450. The fourth-order valence-corrected chi connectivity index (χ4v) is 3.33. The quantitative estimate of drug-likeness (QED) is 0.893. The summed E-state index contributed by atoms with van der Waals surface area (Å²) in [5.74, 6) is 1.90. The summed E-state index contributed by atoms with van der Waals surface area (Å²) in [4.78, 5) is 2.67. The van der Waals surface area contributed by atoms with Gasteiger partial charge in [-0.15, -0.1) is 0 Å². The number of rotatable bonds is 5. The number of piperazine rings is 1. The first kappa shape index (κ1) is 13.9. The molecule has 20 heavy (non-hydrogen) atoms. The fraction of sp³-hybridized carbons (Fsp3) is 0.647. The van der Waals surface area contributed by atoms with E-state index in [0.717, 1.165) is 31.4 Å². The second kappa shape index (κ2) is 6.15. The van der Waals surface area contributed by atoms with Crippen LogP contribution in [0.5, 0.6) is 5.75 Å². The fourth-order valence-electron chi connectivity index (χ4n) is 3.33. The topological polar surface area (TPSA) is 24.5 Å². The molecule has 1 aromatic carbocycles. The van der Waals surface area contributed by atoms with Crippen LogP contribution in [0.25, 0.3) is 0 Å². The van der Waals surface area contributed by atoms with Crippen molar-refractivity contribution in [2.24, 2.45) is 5.92 Å². The van der Waals surface area contributed by atoms with Gasteiger partial charge in [0.25, 0.3) is 0 Å². The molecule has 2 fully saturated rings. The van der Waals surface area contributed by atoms with E-state index in [9.17, 15) is 0 Å². The molecule has 1 aliphatic carbocycles. The Labute approximate surface area is 122 Å². The highest BCUT2D eigenvalue weighted by Crippen LogP contribution is 2.45. The molecule has 0 radical (unpaired) electrons. The number of nitrogens with zero attached hydrogens (tertiary/aromatic N) is 1. The molecule has 2 aliphatic rings. The molecule has 3 nitrogen and oxygen atoms in total. The van der Waals surface area contributed by atoms with E-state index in [0.29, 0.717) is 6.04 Å². The van der Waals surface area contributed by atoms with E-state index in [4.69, 9.17) is 4.74 Å². The number of hydrogen-bond acceptors (Lipinski definition) is 3. The zero-order valence-corrected chi connectivity index (χ0v) is 12.7. The van der Waals surface area contributed by atoms with Crippen molar-refractivity contribution in [1.29, 1.82) is 0 Å². The van der Waals surface area contributed by atoms with Crippen LogP contribution in [-0.2, 0) is 0 Å². The van der Waals surface area contributed by atoms with Crippen LogP contribution in [0.4, 0.5) is 0 Å². The molecule has 0 amide bonds. The Kier molecular flexibility index (Phi) is 4.27. The van der Waals surface area contributed by atoms with Gasteiger partial charge in [-0.2, -0.15) is 0 Å². The summed E-state index contributed by atoms with van der Waals surface area (Å²) in [6.45, 7) is 9.54. The van der Waals surface area contributed by atoms with Crippen molar-refractivity contribution in [3.63, 3.8) is 0 Å². The van der Waals surface area contributed by atoms with Crippen molar-refractivity contribution < 1.29 is 4.74 Å². The number of ether oxygens (including phenoxy) is 1. The van der Waals surface area contributed by atoms with Crippen LogP contribution in [0.2, 0.25) is 0 Å². The summed E-state index contributed by atoms with van der Waals surface area (Å²) in [6, 6.07) is 7.40. The van der Waals surface area contributed by atoms with Gasteiger partial charge in [-0.05, 0) is 49.8 Å². The van der Waals surface area contributed by atoms with Crippen LogP contribution < -0.4 is 10.1 Å². The van der Waals surface area contributed by atoms with Gasteiger partial charge in [-0.3, -0.25) is 4.90 Å². The maximum Gasteiger partial charge on any atom is 0.122 e. The summed E-state index contributed by atoms with van der Waals surface area (Å²) in [5, 5.41) is 3.46. The summed E-state index contributed by atoms with van der Waals surface area (Å²) < 4.78 is 5.67. The molecule has 1 aromatic rings. The Morgan fingerprint density at radius 3 is 2.65 bits per heavy atom. The Hall–Kier alpha value is -1.06. The number of aryl methyl sites for hydroxylation is 1. The van der Waals surface area contributed by atoms with Gasteiger partial charge in [0.1, 0.15) is 5.75 Å². The molecule has 1 heterocycles. The van der Waals surface area contributed by atoms with E-state index in [-0.39, 0.29) is 0 Å². The second-order valence-corrected chi connectivity index (χ2v) is 6.03. The summed E-state index contributed by atoms with van der Waals surface area (Å²) in [7, 11) is 0. The molecule has 1 saturated carbocycles. The summed E-state index contributed by atoms with van der Waals surface area (Å²) >= 11 is 0. The van der Waals surface area contributed by atoms with Crippen LogP contribution in [0.3, 0.4) is 0 Å². The molecule has 1 saturated heterocycles. The largest absolute Gasteiger partial charge is 0.494 e. The Balaban J connectivity index is 1.81. The number of hydrogen-bond donors (Lipinski definition) is 1. The first-order valence-corrected chi connectivity index (χ1v) is 7.97. The highest BCUT2D eigenvalue weighted by molar-refractivity contribution is 5.38. The van der Waals surface area contributed by atoms with Gasteiger partial charge in [0, 0.05) is 32.2 Å². The molecular weight excluding hydrogens is 248 g/mol. The maximum atomic E-state index is 5.67. The lowest BCUT2D eigenvalue weighted by atomic mass is 9.97. The lowest BCUT2D eigenvalue weighted by Gasteiger charge is -2.35. The minimum absolute atomic E-state index is 0.617. The van der Waals surface area contributed by atoms with Gasteiger partial charge >= 0.3 is 0 Å². The zero-order chi connectivity index (χ0) is 13.9. The molecule has 3 heteroatoms. The van der Waals surface area contributed by atoms with Crippen molar-refractivity contribution in [1.82, 2.24) is 10.2 Å². The standard InChI is InChI=1S/C17H26N2O/c1-3-20-16-7-6-15(12-13(16)2)17(14-4-5-14)19-10-8-18-9-11-19/h6-7,12,14,17-18H,3-5,8-11H2,1-2H3. The molecule has 0 spiro atoms. The molecule has 1 unspecified atom stereocenters. The van der Waals surface area contributed by atoms with Crippen molar-refractivity contribution in [3.8, 4) is 5.75 Å². The molecule has 1 N–H and O–H groups in total. The van der Waals surface area contributed by atoms with Crippen LogP contribution in [0.1, 0.15) is 36.9 Å². The van der Waals surface area contributed by atoms with E-state index >= 15 is 0 Å². The Morgan fingerprint density at radius 1 is 1.30 bits per heavy atom. The monoisotopic (exact) mass is 274 g/mol. The number of nitrogens with one attached hydrogen (secondary N) is 1. The van der Waals surface area contributed by atoms with Gasteiger partial charge < -0.3 is 10.1 Å². The highest BCUT2D eigenvalue weighted by atomic mass is 16.5. The van der Waals surface area contributed by atoms with Gasteiger partial charge in [0.2, 0.25) is 0 Å². The SMILES string of the molecule is CCOc1ccc(C(C2CC2)N2CCNCC2)cc1C. The minimum Gasteiger partial charge on any atom is -0.494 e. The second-order valence-electron chi connectivity index (χ2n) is 6.03. The van der Waals surface area contributed by atoms with Gasteiger partial charge in [-0.1, -0.05) is 12.1 Å². The molecule has 0 aromatic heterocycles. The van der Waals surface area contributed by atoms with Gasteiger partial charge in [0.15, 0.2) is 0 Å². The average Bonchev–Trinajstić information content (AvgIpc) is 3.28. The van der Waals surface area contributed by atoms with Crippen molar-refractivity contribution in [3.05, 3.63) is 29.3 Å². The first-order chi connectivity index (χ1) is 9.79. The molecular formula is C17H26N2O. The normalized spacial score (nSPS) is 21.7. The third-order valence-corrected chi connectivity index (χ3v) is 4.45. The van der Waals surface area contributed by atoms with Gasteiger partial charge in [-0.25, -0.2) is 0 Å². The average molecular weight is 274 g/mol. The van der Waals surface area contributed by atoms with Crippen molar-refractivity contribution in [2.75, 3.05) is 32.8 Å². The summed E-state index contributed by atoms with van der Waals surface area (Å²) in [5.41, 5.74) is 2.75. The van der Waals surface area contributed by atoms with E-state index < -0.39 is 0 Å². The highest BCUT2D eigenvalue weighted by Gasteiger charge is 2.36. The van der Waals surface area contributed by atoms with Gasteiger partial charge in [0.05, 0.1) is 6.61 Å². The first-order valence-electron chi connectivity index (χ1n) is 7.97. The zero-order valence-electron chi connectivity index (χ0n) is 12.7. The van der Waals surface area contributed by atoms with Crippen LogP contribution >= 0.6 is 0 Å². The van der Waals surface area contributed by atoms with Crippen molar-refractivity contribution >= 4 is 0 Å². The third-order valence-electron chi connectivity index (χ3n) is 4.45. The number of benzene rings is 1. The predicted molar refractivity (Wildman–Crippen MR) is 82.3 cm³/mol. The third kappa shape index (κ3) is 2.99. The van der Waals surface area contributed by atoms with Crippen LogP contribution in [0, 0.1) is 12.8 Å². The van der Waals surface area contributed by atoms with E-state index in [2.05, 4.69) is 35.3 Å². The van der Waals surface area contributed by atoms with Crippen LogP contribution in [-0.4, -0.2) is 37.7 Å². The lowest BCUT2D eigenvalue weighted by molar-refractivity contribution is 0.156. The predicted octanol–water partition coefficient (Wildman–Crippen LogP) is 2.75. The van der Waals surface area contributed by atoms with E-state index in [1.54, 1.807) is 0 Å². The maximum absolute atomic E-state index is 5.67. The molecule has 3 rings (SSSR count). The smallest absolute Gasteiger partial charge is 0.122 e. The van der Waals surface area contributed by atoms with Crippen LogP contribution in [0.15, 0.2) is 18.2 Å². The minimum atomic E-state index is 0.617. The lowest BCUT2D eigenvalue weighted by Crippen LogP contribution is -2.45. The van der Waals surface area contributed by atoms with Crippen molar-refractivity contribution in [2.45, 2.75) is 32.7 Å².